The minimum Gasteiger partial charge on any atom is -0.494 e. The van der Waals surface area contributed by atoms with Crippen LogP contribution < -0.4 is 45.4 Å². The number of amides is 2. The molecule has 5 N–H and O–H groups in total. The number of aromatic nitrogens is 2. The summed E-state index contributed by atoms with van der Waals surface area (Å²) in [6, 6.07) is 10.9. The van der Waals surface area contributed by atoms with E-state index in [4.69, 9.17) is 9.72 Å². The predicted octanol–water partition coefficient (Wildman–Crippen LogP) is 5.87. The molecule has 0 aliphatic carbocycles. The van der Waals surface area contributed by atoms with Gasteiger partial charge in [-0.1, -0.05) is 6.92 Å². The first kappa shape index (κ1) is 45.9. The van der Waals surface area contributed by atoms with E-state index < -0.39 is 39.4 Å². The van der Waals surface area contributed by atoms with Gasteiger partial charge in [-0.25, -0.2) is 22.2 Å². The molecule has 2 amide bonds. The lowest BCUT2D eigenvalue weighted by atomic mass is 9.89. The second-order valence-electron chi connectivity index (χ2n) is 16.3. The number of hydrogen-bond acceptors (Lipinski definition) is 13. The van der Waals surface area contributed by atoms with Crippen LogP contribution in [0.25, 0.3) is 0 Å². The van der Waals surface area contributed by atoms with Crippen LogP contribution in [-0.2, 0) is 38.9 Å². The number of halogens is 3. The van der Waals surface area contributed by atoms with Gasteiger partial charge >= 0.3 is 0 Å². The summed E-state index contributed by atoms with van der Waals surface area (Å²) < 4.78 is 63.4. The Morgan fingerprint density at radius 3 is 2.38 bits per heavy atom. The average Bonchev–Trinajstić information content (AvgIpc) is 3.71. The Morgan fingerprint density at radius 1 is 0.968 bits per heavy atom. The molecule has 338 valence electrons. The standard InChI is InChI=1S/C44H55BrF2N10O5S/c1-6-27-23-35(52-44-50-25-31(45)42(54-44)51-34-8-9-36(55(2)3)29-14-20-57(41(29)34)63(5,60)61)38(62-4)24-37(27)56-18-12-28(13-19-56)49-17-16-48-15-11-26-21-32(46)40(33(47)22-26)30-7-10-39(58)53-43(30)59/h8-9,21-25,28,30,48-49H,6-7,10-20H2,1-5H3,(H,53,58,59)(H2,50,51,52,54)/t30-/m1/s1. The van der Waals surface area contributed by atoms with Gasteiger partial charge in [-0.2, -0.15) is 4.98 Å². The summed E-state index contributed by atoms with van der Waals surface area (Å²) in [6.45, 7) is 6.18. The zero-order chi connectivity index (χ0) is 45.0. The number of hydrogen-bond donors (Lipinski definition) is 5. The minimum absolute atomic E-state index is 0.0527. The first-order valence-corrected chi connectivity index (χ1v) is 23.9. The molecule has 1 aromatic heterocycles. The van der Waals surface area contributed by atoms with E-state index in [1.165, 1.54) is 22.7 Å². The van der Waals surface area contributed by atoms with Gasteiger partial charge in [0.15, 0.2) is 0 Å². The summed E-state index contributed by atoms with van der Waals surface area (Å²) in [4.78, 5) is 37.3. The van der Waals surface area contributed by atoms with E-state index in [-0.39, 0.29) is 18.4 Å². The molecule has 3 aliphatic heterocycles. The Morgan fingerprint density at radius 2 is 1.71 bits per heavy atom. The fourth-order valence-electron chi connectivity index (χ4n) is 8.68. The number of ether oxygens (including phenoxy) is 1. The molecule has 2 saturated heterocycles. The number of carbonyl (C=O) groups excluding carboxylic acids is 2. The van der Waals surface area contributed by atoms with E-state index >= 15 is 0 Å². The van der Waals surface area contributed by atoms with Gasteiger partial charge in [0.2, 0.25) is 27.8 Å². The van der Waals surface area contributed by atoms with Crippen molar-refractivity contribution >= 4 is 78.0 Å². The van der Waals surface area contributed by atoms with Crippen molar-refractivity contribution in [1.29, 1.82) is 0 Å². The Labute approximate surface area is 375 Å². The van der Waals surface area contributed by atoms with Crippen molar-refractivity contribution in [1.82, 2.24) is 25.9 Å². The second kappa shape index (κ2) is 19.7. The molecule has 0 bridgehead atoms. The van der Waals surface area contributed by atoms with Crippen LogP contribution in [0.2, 0.25) is 0 Å². The van der Waals surface area contributed by atoms with E-state index in [9.17, 15) is 26.8 Å². The lowest BCUT2D eigenvalue weighted by molar-refractivity contribution is -0.134. The van der Waals surface area contributed by atoms with Crippen LogP contribution in [0.4, 0.5) is 49.0 Å². The minimum atomic E-state index is -3.52. The number of imide groups is 1. The summed E-state index contributed by atoms with van der Waals surface area (Å²) in [5.74, 6) is -2.18. The van der Waals surface area contributed by atoms with Gasteiger partial charge < -0.3 is 35.8 Å². The van der Waals surface area contributed by atoms with Gasteiger partial charge in [-0.15, -0.1) is 0 Å². The van der Waals surface area contributed by atoms with Crippen LogP contribution >= 0.6 is 15.9 Å². The van der Waals surface area contributed by atoms with E-state index in [1.807, 2.05) is 31.1 Å². The zero-order valence-electron chi connectivity index (χ0n) is 36.2. The molecular weight excluding hydrogens is 899 g/mol. The summed E-state index contributed by atoms with van der Waals surface area (Å²) in [5.41, 5.74) is 6.35. The summed E-state index contributed by atoms with van der Waals surface area (Å²) >= 11 is 3.58. The molecule has 4 heterocycles. The molecule has 15 nitrogen and oxygen atoms in total. The summed E-state index contributed by atoms with van der Waals surface area (Å²) in [6.07, 6.45) is 6.73. The van der Waals surface area contributed by atoms with Crippen molar-refractivity contribution in [3.05, 3.63) is 81.0 Å². The number of carbonyl (C=O) groups is 2. The first-order chi connectivity index (χ1) is 30.1. The number of piperidine rings is 2. The van der Waals surface area contributed by atoms with Gasteiger partial charge in [0.05, 0.1) is 40.8 Å². The number of methoxy groups -OCH3 is 1. The SMILES string of the molecule is CCc1cc(Nc2ncc(Br)c(Nc3ccc(N(C)C)c4c3N(S(C)(=O)=O)CC4)n2)c(OC)cc1N1CCC(NCCNCCc2cc(F)c([C@H]3CCC(=O)NC3=O)c(F)c2)CC1. The van der Waals surface area contributed by atoms with Gasteiger partial charge in [0.25, 0.3) is 0 Å². The molecule has 63 heavy (non-hydrogen) atoms. The van der Waals surface area contributed by atoms with Crippen molar-refractivity contribution < 1.29 is 31.5 Å². The van der Waals surface area contributed by atoms with Crippen molar-refractivity contribution in [3.63, 3.8) is 0 Å². The quantitative estimate of drug-likeness (QED) is 0.0629. The average molecular weight is 954 g/mol. The lowest BCUT2D eigenvalue weighted by Crippen LogP contribution is -2.44. The molecule has 1 atom stereocenters. The molecule has 0 unspecified atom stereocenters. The topological polar surface area (TPSA) is 173 Å². The normalized spacial score (nSPS) is 16.9. The fourth-order valence-corrected chi connectivity index (χ4v) is 9.94. The maximum atomic E-state index is 14.9. The van der Waals surface area contributed by atoms with Crippen LogP contribution in [0.15, 0.2) is 47.1 Å². The van der Waals surface area contributed by atoms with Gasteiger partial charge in [-0.05, 0) is 102 Å². The number of aryl methyl sites for hydroxylation is 1. The highest BCUT2D eigenvalue weighted by molar-refractivity contribution is 9.10. The van der Waals surface area contributed by atoms with Gasteiger partial charge in [0, 0.05) is 94.0 Å². The molecule has 19 heteroatoms. The van der Waals surface area contributed by atoms with Crippen LogP contribution in [0.3, 0.4) is 0 Å². The highest BCUT2D eigenvalue weighted by Gasteiger charge is 2.34. The van der Waals surface area contributed by atoms with Crippen LogP contribution in [0, 0.1) is 11.6 Å². The maximum Gasteiger partial charge on any atom is 0.234 e. The Bertz CT molecular complexity index is 2450. The second-order valence-corrected chi connectivity index (χ2v) is 19.1. The highest BCUT2D eigenvalue weighted by Crippen LogP contribution is 2.44. The van der Waals surface area contributed by atoms with E-state index in [2.05, 4.69) is 71.5 Å². The van der Waals surface area contributed by atoms with Crippen LogP contribution in [0.5, 0.6) is 5.75 Å². The number of nitrogens with zero attached hydrogens (tertiary/aromatic N) is 5. The number of nitrogens with one attached hydrogen (secondary N) is 5. The molecule has 7 rings (SSSR count). The molecule has 3 aliphatic rings. The monoisotopic (exact) mass is 952 g/mol. The number of sulfonamides is 1. The Kier molecular flexibility index (Phi) is 14.4. The smallest absolute Gasteiger partial charge is 0.234 e. The van der Waals surface area contributed by atoms with Crippen LogP contribution in [-0.4, -0.2) is 103 Å². The number of fused-ring (bicyclic) bond motifs is 1. The third kappa shape index (κ3) is 10.5. The first-order valence-electron chi connectivity index (χ1n) is 21.2. The molecule has 2 fully saturated rings. The van der Waals surface area contributed by atoms with Gasteiger partial charge in [-0.3, -0.25) is 19.2 Å². The van der Waals surface area contributed by atoms with E-state index in [0.717, 1.165) is 67.1 Å². The number of benzene rings is 3. The zero-order valence-corrected chi connectivity index (χ0v) is 38.6. The largest absolute Gasteiger partial charge is 0.494 e. The predicted molar refractivity (Wildman–Crippen MR) is 247 cm³/mol. The molecule has 0 spiro atoms. The number of rotatable bonds is 17. The molecule has 0 radical (unpaired) electrons. The fraction of sp³-hybridized carbons (Fsp3) is 0.455. The van der Waals surface area contributed by atoms with Crippen molar-refractivity contribution in [2.75, 3.05) is 91.5 Å². The van der Waals surface area contributed by atoms with Gasteiger partial charge in [0.1, 0.15) is 23.2 Å². The Balaban J connectivity index is 0.923. The Hall–Kier alpha value is -5.11. The molecule has 3 aromatic carbocycles. The highest BCUT2D eigenvalue weighted by atomic mass is 79.9. The third-order valence-corrected chi connectivity index (χ3v) is 13.6. The van der Waals surface area contributed by atoms with Crippen LogP contribution in [0.1, 0.15) is 60.8 Å². The third-order valence-electron chi connectivity index (χ3n) is 11.9. The molecular formula is C44H55BrF2N10O5S. The van der Waals surface area contributed by atoms with Crippen molar-refractivity contribution in [2.24, 2.45) is 0 Å². The van der Waals surface area contributed by atoms with Crippen molar-refractivity contribution in [2.45, 2.75) is 63.8 Å². The van der Waals surface area contributed by atoms with Crippen molar-refractivity contribution in [3.8, 4) is 5.75 Å². The van der Waals surface area contributed by atoms with E-state index in [0.29, 0.717) is 77.4 Å². The summed E-state index contributed by atoms with van der Waals surface area (Å²) in [5, 5.41) is 15.9. The van der Waals surface area contributed by atoms with E-state index in [1.54, 1.807) is 13.3 Å². The number of anilines is 7. The lowest BCUT2D eigenvalue weighted by Gasteiger charge is -2.35. The molecule has 0 saturated carbocycles. The summed E-state index contributed by atoms with van der Waals surface area (Å²) in [7, 11) is 2.01. The maximum absolute atomic E-state index is 14.9. The molecule has 4 aromatic rings.